The molecule has 0 bridgehead atoms. The molecule has 1 aromatic carbocycles. The van der Waals surface area contributed by atoms with Gasteiger partial charge in [0, 0.05) is 0 Å². The van der Waals surface area contributed by atoms with Gasteiger partial charge in [0.15, 0.2) is 6.10 Å². The van der Waals surface area contributed by atoms with E-state index in [9.17, 15) is 65.9 Å². The second kappa shape index (κ2) is 10.00. The van der Waals surface area contributed by atoms with Crippen LogP contribution >= 0.6 is 8.60 Å². The van der Waals surface area contributed by atoms with Crippen molar-refractivity contribution < 1.29 is 79.4 Å². The van der Waals surface area contributed by atoms with E-state index in [0.717, 1.165) is 18.2 Å². The number of hydrogen-bond acceptors (Lipinski definition) is 3. The van der Waals surface area contributed by atoms with Gasteiger partial charge in [0.25, 0.3) is 12.2 Å². The number of hydrogen-bond donors (Lipinski definition) is 0. The highest BCUT2D eigenvalue weighted by Gasteiger charge is 2.63. The van der Waals surface area contributed by atoms with Crippen molar-refractivity contribution in [2.75, 3.05) is 0 Å². The van der Waals surface area contributed by atoms with Gasteiger partial charge in [-0.05, 0) is 5.56 Å². The second-order valence-electron chi connectivity index (χ2n) is 5.80. The quantitative estimate of drug-likeness (QED) is 0.264. The first kappa shape index (κ1) is 29.5. The normalized spacial score (nSPS) is 15.6. The van der Waals surface area contributed by atoms with Gasteiger partial charge in [0.05, 0.1) is 0 Å². The molecular weight excluding hydrogens is 532 g/mol. The van der Waals surface area contributed by atoms with E-state index in [1.807, 2.05) is 0 Å². The van der Waals surface area contributed by atoms with Gasteiger partial charge in [-0.1, -0.05) is 30.3 Å². The summed E-state index contributed by atoms with van der Waals surface area (Å²) in [4.78, 5) is 0. The fourth-order valence-corrected chi connectivity index (χ4v) is 3.27. The highest BCUT2D eigenvalue weighted by Crippen LogP contribution is 2.56. The molecule has 0 fully saturated rings. The van der Waals surface area contributed by atoms with Crippen LogP contribution in [0.2, 0.25) is 0 Å². The highest BCUT2D eigenvalue weighted by molar-refractivity contribution is 7.41. The van der Waals surface area contributed by atoms with Crippen molar-refractivity contribution in [3.8, 4) is 0 Å². The van der Waals surface area contributed by atoms with Crippen molar-refractivity contribution in [2.24, 2.45) is 0 Å². The third kappa shape index (κ3) is 8.98. The summed E-state index contributed by atoms with van der Waals surface area (Å²) in [7, 11) is -5.22. The van der Waals surface area contributed by atoms with E-state index in [2.05, 4.69) is 13.6 Å². The van der Waals surface area contributed by atoms with Gasteiger partial charge in [0.1, 0.15) is 0 Å². The van der Waals surface area contributed by atoms with E-state index < -0.39 is 63.4 Å². The van der Waals surface area contributed by atoms with Crippen LogP contribution in [0.5, 0.6) is 0 Å². The minimum atomic E-state index is -6.53. The van der Waals surface area contributed by atoms with Crippen molar-refractivity contribution in [1.29, 1.82) is 0 Å². The Hall–Kier alpha value is -1.52. The topological polar surface area (TPSA) is 27.7 Å². The lowest BCUT2D eigenvalue weighted by atomic mass is 10.1. The molecule has 19 heteroatoms. The minimum Gasteiger partial charge on any atom is -0.294 e. The lowest BCUT2D eigenvalue weighted by molar-refractivity contribution is -0.316. The Labute approximate surface area is 174 Å². The van der Waals surface area contributed by atoms with Crippen LogP contribution in [0.3, 0.4) is 0 Å². The van der Waals surface area contributed by atoms with Gasteiger partial charge in [-0.2, -0.15) is 65.9 Å². The maximum Gasteiger partial charge on any atom is 0.424 e. The average molecular weight is 540 g/mol. The molecule has 1 atom stereocenters. The van der Waals surface area contributed by atoms with E-state index in [0.29, 0.717) is 12.1 Å². The lowest BCUT2D eigenvalue weighted by Gasteiger charge is -2.32. The maximum absolute atomic E-state index is 13.3. The minimum absolute atomic E-state index is 0.529. The first-order valence-corrected chi connectivity index (χ1v) is 8.83. The zero-order valence-electron chi connectivity index (χ0n) is 15.0. The van der Waals surface area contributed by atoms with E-state index >= 15 is 0 Å². The maximum atomic E-state index is 13.3. The van der Waals surface area contributed by atoms with Gasteiger partial charge in [-0.3, -0.25) is 13.6 Å². The van der Waals surface area contributed by atoms with Crippen LogP contribution in [0.25, 0.3) is 0 Å². The van der Waals surface area contributed by atoms with Crippen molar-refractivity contribution in [3.63, 3.8) is 0 Å². The predicted molar refractivity (Wildman–Crippen MR) is 77.2 cm³/mol. The number of benzene rings is 1. The molecule has 0 aliphatic heterocycles. The number of halogens is 15. The molecule has 0 N–H and O–H groups in total. The van der Waals surface area contributed by atoms with Crippen LogP contribution in [0.1, 0.15) is 11.7 Å². The summed E-state index contributed by atoms with van der Waals surface area (Å²) >= 11 is 0. The molecule has 1 aromatic rings. The Kier molecular flexibility index (Phi) is 8.94. The molecule has 0 saturated heterocycles. The zero-order valence-corrected chi connectivity index (χ0v) is 15.9. The molecule has 0 aliphatic carbocycles. The van der Waals surface area contributed by atoms with E-state index in [-0.39, 0.29) is 0 Å². The van der Waals surface area contributed by atoms with E-state index in [4.69, 9.17) is 0 Å². The standard InChI is InChI=1S/C14H8F15O3P/c15-10(16,17)7(6-4-2-1-3-5-6)30-33(31-8(11(18,19)20)12(21,22)23)32-9(13(24,25)26)14(27,28)29/h1-5,7-9H. The van der Waals surface area contributed by atoms with Crippen LogP contribution in [0.4, 0.5) is 65.9 Å². The Morgan fingerprint density at radius 2 is 0.818 bits per heavy atom. The van der Waals surface area contributed by atoms with Gasteiger partial charge < -0.3 is 0 Å². The van der Waals surface area contributed by atoms with E-state index in [1.54, 1.807) is 0 Å². The Morgan fingerprint density at radius 3 is 1.09 bits per heavy atom. The summed E-state index contributed by atoms with van der Waals surface area (Å²) in [6.07, 6.45) is -45.8. The fourth-order valence-electron chi connectivity index (χ4n) is 1.88. The van der Waals surface area contributed by atoms with Crippen LogP contribution in [-0.4, -0.2) is 43.1 Å². The van der Waals surface area contributed by atoms with Gasteiger partial charge in [0.2, 0.25) is 0 Å². The summed E-state index contributed by atoms with van der Waals surface area (Å²) < 4.78 is 202. The molecule has 33 heavy (non-hydrogen) atoms. The summed E-state index contributed by atoms with van der Waals surface area (Å²) in [5.41, 5.74) is -1.10. The molecule has 0 heterocycles. The number of alkyl halides is 15. The molecule has 0 aliphatic rings. The molecule has 1 unspecified atom stereocenters. The SMILES string of the molecule is FC(F)(F)C(OP(OC(C(F)(F)F)C(F)(F)F)OC(C(F)(F)F)C(F)(F)F)c1ccccc1. The second-order valence-corrected chi connectivity index (χ2v) is 6.88. The fraction of sp³-hybridized carbons (Fsp3) is 0.571. The van der Waals surface area contributed by atoms with Gasteiger partial charge in [-0.15, -0.1) is 0 Å². The molecule has 0 spiro atoms. The zero-order chi connectivity index (χ0) is 26.0. The van der Waals surface area contributed by atoms with Crippen LogP contribution < -0.4 is 0 Å². The Bertz CT molecular complexity index is 676. The Morgan fingerprint density at radius 1 is 0.485 bits per heavy atom. The van der Waals surface area contributed by atoms with Crippen LogP contribution in [0.15, 0.2) is 30.3 Å². The predicted octanol–water partition coefficient (Wildman–Crippen LogP) is 7.55. The molecule has 0 aromatic heterocycles. The monoisotopic (exact) mass is 540 g/mol. The first-order chi connectivity index (χ1) is 14.5. The summed E-state index contributed by atoms with van der Waals surface area (Å²) in [5, 5.41) is 0. The molecule has 0 radical (unpaired) electrons. The van der Waals surface area contributed by atoms with Gasteiger partial charge in [-0.25, -0.2) is 0 Å². The average Bonchev–Trinajstić information content (AvgIpc) is 2.56. The van der Waals surface area contributed by atoms with Crippen LogP contribution in [-0.2, 0) is 13.6 Å². The van der Waals surface area contributed by atoms with Crippen molar-refractivity contribution in [2.45, 2.75) is 49.2 Å². The van der Waals surface area contributed by atoms with Crippen LogP contribution in [0, 0.1) is 0 Å². The van der Waals surface area contributed by atoms with Crippen molar-refractivity contribution in [1.82, 2.24) is 0 Å². The number of rotatable bonds is 7. The Balaban J connectivity index is 3.50. The molecule has 1 rings (SSSR count). The van der Waals surface area contributed by atoms with Crippen molar-refractivity contribution in [3.05, 3.63) is 35.9 Å². The summed E-state index contributed by atoms with van der Waals surface area (Å²) in [6.45, 7) is 0. The van der Waals surface area contributed by atoms with Crippen molar-refractivity contribution >= 4 is 8.60 Å². The summed E-state index contributed by atoms with van der Waals surface area (Å²) in [5.74, 6) is 0. The molecule has 192 valence electrons. The third-order valence-electron chi connectivity index (χ3n) is 3.16. The molecule has 0 saturated carbocycles. The third-order valence-corrected chi connectivity index (χ3v) is 4.31. The molecule has 3 nitrogen and oxygen atoms in total. The largest absolute Gasteiger partial charge is 0.424 e. The van der Waals surface area contributed by atoms with Gasteiger partial charge >= 0.3 is 39.5 Å². The highest BCUT2D eigenvalue weighted by atomic mass is 31.2. The smallest absolute Gasteiger partial charge is 0.294 e. The molecular formula is C14H8F15O3P. The van der Waals surface area contributed by atoms with E-state index in [1.165, 1.54) is 0 Å². The first-order valence-electron chi connectivity index (χ1n) is 7.73. The lowest BCUT2D eigenvalue weighted by Crippen LogP contribution is -2.46. The summed E-state index contributed by atoms with van der Waals surface area (Å²) in [6, 6.07) is 3.84. The molecule has 0 amide bonds.